The Bertz CT molecular complexity index is 637. The van der Waals surface area contributed by atoms with Gasteiger partial charge in [0.2, 0.25) is 6.71 Å². The van der Waals surface area contributed by atoms with Crippen molar-refractivity contribution in [2.24, 2.45) is 0 Å². The number of halogens is 1. The first kappa shape index (κ1) is 16.4. The minimum absolute atomic E-state index is 0.366. The predicted octanol–water partition coefficient (Wildman–Crippen LogP) is 3.77. The van der Waals surface area contributed by atoms with Crippen LogP contribution in [0.2, 0.25) is 10.8 Å². The number of benzene rings is 2. The fourth-order valence-corrected chi connectivity index (χ4v) is 2.78. The average molecular weight is 311 g/mol. The van der Waals surface area contributed by atoms with Gasteiger partial charge in [-0.05, 0) is 6.07 Å². The lowest BCUT2D eigenvalue weighted by Gasteiger charge is -2.19. The third-order valence-corrected chi connectivity index (χ3v) is 3.82. The molecule has 0 amide bonds. The van der Waals surface area contributed by atoms with Crippen LogP contribution < -0.4 is 10.9 Å². The smallest absolute Gasteiger partial charge is 0.213 e. The SMILES string of the molecule is CC(C)B(c1ccccc1)c1ccccc1Cl.c1c[nH]cn1. The van der Waals surface area contributed by atoms with Crippen LogP contribution in [0.4, 0.5) is 0 Å². The fourth-order valence-electron chi connectivity index (χ4n) is 2.53. The van der Waals surface area contributed by atoms with Crippen molar-refractivity contribution in [2.75, 3.05) is 0 Å². The van der Waals surface area contributed by atoms with Gasteiger partial charge in [-0.1, -0.05) is 90.7 Å². The van der Waals surface area contributed by atoms with Crippen molar-refractivity contribution < 1.29 is 0 Å². The second-order valence-electron chi connectivity index (χ2n) is 5.41. The Labute approximate surface area is 137 Å². The number of aromatic nitrogens is 2. The van der Waals surface area contributed by atoms with E-state index in [1.807, 2.05) is 18.2 Å². The molecule has 0 radical (unpaired) electrons. The van der Waals surface area contributed by atoms with Crippen LogP contribution in [0.3, 0.4) is 0 Å². The number of aromatic amines is 1. The number of H-pyrrole nitrogens is 1. The number of nitrogens with one attached hydrogen (secondary N) is 1. The molecule has 0 spiro atoms. The maximum absolute atomic E-state index is 6.31. The van der Waals surface area contributed by atoms with Crippen LogP contribution in [0.1, 0.15) is 13.8 Å². The van der Waals surface area contributed by atoms with E-state index in [1.165, 1.54) is 10.9 Å². The van der Waals surface area contributed by atoms with Crippen LogP contribution in [-0.2, 0) is 0 Å². The Morgan fingerprint density at radius 2 is 1.68 bits per heavy atom. The minimum atomic E-state index is 0.366. The standard InChI is InChI=1S/C15H16BCl.C3H4N2/c1-12(2)16(13-8-4-3-5-9-13)14-10-6-7-11-15(14)17;1-2-5-3-4-1/h3-12H,1-2H3;1-3H,(H,4,5). The molecule has 0 aliphatic rings. The predicted molar refractivity (Wildman–Crippen MR) is 96.6 cm³/mol. The Morgan fingerprint density at radius 3 is 2.18 bits per heavy atom. The van der Waals surface area contributed by atoms with E-state index in [4.69, 9.17) is 11.6 Å². The molecule has 112 valence electrons. The molecule has 0 saturated carbocycles. The van der Waals surface area contributed by atoms with Gasteiger partial charge in [0, 0.05) is 17.4 Å². The highest BCUT2D eigenvalue weighted by Gasteiger charge is 2.24. The highest BCUT2D eigenvalue weighted by molar-refractivity contribution is 6.87. The molecule has 1 aromatic heterocycles. The average Bonchev–Trinajstić information content (AvgIpc) is 3.10. The van der Waals surface area contributed by atoms with Crippen LogP contribution in [0.25, 0.3) is 0 Å². The van der Waals surface area contributed by atoms with Gasteiger partial charge in [-0.3, -0.25) is 0 Å². The van der Waals surface area contributed by atoms with Crippen molar-refractivity contribution in [1.82, 2.24) is 9.97 Å². The number of hydrogen-bond donors (Lipinski definition) is 1. The highest BCUT2D eigenvalue weighted by Crippen LogP contribution is 2.13. The van der Waals surface area contributed by atoms with Crippen LogP contribution in [-0.4, -0.2) is 16.7 Å². The number of rotatable bonds is 3. The first-order chi connectivity index (χ1) is 10.7. The van der Waals surface area contributed by atoms with Crippen LogP contribution >= 0.6 is 11.6 Å². The van der Waals surface area contributed by atoms with Crippen molar-refractivity contribution >= 4 is 29.2 Å². The number of hydrogen-bond acceptors (Lipinski definition) is 1. The molecule has 3 aromatic rings. The third-order valence-electron chi connectivity index (χ3n) is 3.47. The largest absolute Gasteiger partial charge is 0.351 e. The fraction of sp³-hybridized carbons (Fsp3) is 0.167. The summed E-state index contributed by atoms with van der Waals surface area (Å²) < 4.78 is 0. The Hall–Kier alpha value is -2.00. The zero-order valence-electron chi connectivity index (χ0n) is 12.9. The first-order valence-corrected chi connectivity index (χ1v) is 7.80. The van der Waals surface area contributed by atoms with Gasteiger partial charge in [0.25, 0.3) is 0 Å². The summed E-state index contributed by atoms with van der Waals surface area (Å²) in [5.74, 6) is 0.525. The maximum atomic E-state index is 6.31. The van der Waals surface area contributed by atoms with Gasteiger partial charge in [0.05, 0.1) is 6.33 Å². The summed E-state index contributed by atoms with van der Waals surface area (Å²) in [5.41, 5.74) is 2.55. The van der Waals surface area contributed by atoms with Gasteiger partial charge in [0.1, 0.15) is 0 Å². The minimum Gasteiger partial charge on any atom is -0.351 e. The monoisotopic (exact) mass is 310 g/mol. The topological polar surface area (TPSA) is 28.7 Å². The Balaban J connectivity index is 0.000000299. The lowest BCUT2D eigenvalue weighted by molar-refractivity contribution is 1.05. The van der Waals surface area contributed by atoms with Crippen molar-refractivity contribution in [3.8, 4) is 0 Å². The van der Waals surface area contributed by atoms with Gasteiger partial charge in [-0.15, -0.1) is 0 Å². The Kier molecular flexibility index (Phi) is 6.29. The lowest BCUT2D eigenvalue weighted by Crippen LogP contribution is -2.45. The summed E-state index contributed by atoms with van der Waals surface area (Å²) in [6.45, 7) is 4.84. The molecular formula is C18H20BClN2. The van der Waals surface area contributed by atoms with Crippen LogP contribution in [0.5, 0.6) is 0 Å². The molecule has 0 atom stereocenters. The summed E-state index contributed by atoms with van der Waals surface area (Å²) in [5, 5.41) is 0.857. The summed E-state index contributed by atoms with van der Waals surface area (Å²) in [6.07, 6.45) is 5.08. The quantitative estimate of drug-likeness (QED) is 0.733. The molecule has 3 rings (SSSR count). The molecule has 0 aliphatic carbocycles. The molecule has 1 N–H and O–H groups in total. The molecule has 4 heteroatoms. The highest BCUT2D eigenvalue weighted by atomic mass is 35.5. The van der Waals surface area contributed by atoms with Crippen molar-refractivity contribution in [3.05, 3.63) is 78.3 Å². The molecule has 2 nitrogen and oxygen atoms in total. The molecule has 0 bridgehead atoms. The number of imidazole rings is 1. The van der Waals surface area contributed by atoms with E-state index in [0.717, 1.165) is 5.02 Å². The van der Waals surface area contributed by atoms with Gasteiger partial charge < -0.3 is 4.98 Å². The van der Waals surface area contributed by atoms with E-state index in [9.17, 15) is 0 Å². The van der Waals surface area contributed by atoms with Crippen molar-refractivity contribution in [1.29, 1.82) is 0 Å². The molecule has 1 heterocycles. The second kappa shape index (κ2) is 8.45. The Morgan fingerprint density at radius 1 is 1.00 bits per heavy atom. The summed E-state index contributed by atoms with van der Waals surface area (Å²) in [4.78, 5) is 6.42. The summed E-state index contributed by atoms with van der Waals surface area (Å²) >= 11 is 6.31. The van der Waals surface area contributed by atoms with Crippen molar-refractivity contribution in [2.45, 2.75) is 19.7 Å². The zero-order valence-corrected chi connectivity index (χ0v) is 13.7. The van der Waals surface area contributed by atoms with Gasteiger partial charge in [-0.2, -0.15) is 0 Å². The van der Waals surface area contributed by atoms with Gasteiger partial charge in [0.15, 0.2) is 0 Å². The van der Waals surface area contributed by atoms with E-state index < -0.39 is 0 Å². The second-order valence-corrected chi connectivity index (χ2v) is 5.82. The van der Waals surface area contributed by atoms with Crippen molar-refractivity contribution in [3.63, 3.8) is 0 Å². The van der Waals surface area contributed by atoms with E-state index in [1.54, 1.807) is 18.7 Å². The molecule has 2 aromatic carbocycles. The van der Waals surface area contributed by atoms with E-state index in [-0.39, 0.29) is 0 Å². The lowest BCUT2D eigenvalue weighted by atomic mass is 9.34. The van der Waals surface area contributed by atoms with E-state index >= 15 is 0 Å². The maximum Gasteiger partial charge on any atom is 0.213 e. The van der Waals surface area contributed by atoms with E-state index in [2.05, 4.69) is 60.2 Å². The zero-order chi connectivity index (χ0) is 15.8. The molecule has 0 unspecified atom stereocenters. The van der Waals surface area contributed by atoms with Gasteiger partial charge in [-0.25, -0.2) is 4.98 Å². The normalized spacial score (nSPS) is 10.0. The van der Waals surface area contributed by atoms with E-state index in [0.29, 0.717) is 12.5 Å². The molecule has 22 heavy (non-hydrogen) atoms. The van der Waals surface area contributed by atoms with Crippen LogP contribution in [0, 0.1) is 0 Å². The number of nitrogens with zero attached hydrogens (tertiary/aromatic N) is 1. The molecule has 0 fully saturated rings. The third kappa shape index (κ3) is 4.50. The van der Waals surface area contributed by atoms with Gasteiger partial charge >= 0.3 is 0 Å². The molecular weight excluding hydrogens is 290 g/mol. The van der Waals surface area contributed by atoms with Crippen LogP contribution in [0.15, 0.2) is 73.3 Å². The summed E-state index contributed by atoms with van der Waals surface area (Å²) in [6, 6.07) is 18.7. The molecule has 0 saturated heterocycles. The first-order valence-electron chi connectivity index (χ1n) is 7.42. The molecule has 0 aliphatic heterocycles. The summed E-state index contributed by atoms with van der Waals surface area (Å²) in [7, 11) is 0.